The van der Waals surface area contributed by atoms with Crippen LogP contribution in [-0.2, 0) is 5.60 Å². The summed E-state index contributed by atoms with van der Waals surface area (Å²) < 4.78 is 6.03. The van der Waals surface area contributed by atoms with E-state index in [1.54, 1.807) is 32.0 Å². The van der Waals surface area contributed by atoms with E-state index in [2.05, 4.69) is 5.32 Å². The quantitative estimate of drug-likeness (QED) is 0.371. The van der Waals surface area contributed by atoms with Crippen molar-refractivity contribution in [2.45, 2.75) is 19.4 Å². The summed E-state index contributed by atoms with van der Waals surface area (Å²) in [7, 11) is 0. The third-order valence-corrected chi connectivity index (χ3v) is 4.53. The van der Waals surface area contributed by atoms with Crippen LogP contribution in [0.5, 0.6) is 0 Å². The molecule has 2 N–H and O–H groups in total. The molecule has 0 aliphatic heterocycles. The highest BCUT2D eigenvalue weighted by atomic mass is 16.6. The summed E-state index contributed by atoms with van der Waals surface area (Å²) in [6.45, 7) is 3.33. The lowest BCUT2D eigenvalue weighted by Crippen LogP contribution is -2.18. The van der Waals surface area contributed by atoms with Crippen LogP contribution in [0.2, 0.25) is 0 Å². The Hall–Kier alpha value is -3.38. The number of rotatable bonds is 4. The van der Waals surface area contributed by atoms with Crippen molar-refractivity contribution in [3.63, 3.8) is 0 Å². The van der Waals surface area contributed by atoms with Gasteiger partial charge in [0.05, 0.1) is 10.5 Å². The molecule has 0 fully saturated rings. The molecule has 0 unspecified atom stereocenters. The zero-order chi connectivity index (χ0) is 19.2. The molecule has 6 heteroatoms. The van der Waals surface area contributed by atoms with Crippen LogP contribution in [-0.4, -0.2) is 10.0 Å². The van der Waals surface area contributed by atoms with E-state index in [4.69, 9.17) is 4.42 Å². The summed E-state index contributed by atoms with van der Waals surface area (Å²) in [6, 6.07) is 17.8. The molecule has 0 saturated heterocycles. The van der Waals surface area contributed by atoms with Crippen molar-refractivity contribution in [2.24, 2.45) is 0 Å². The highest BCUT2D eigenvalue weighted by molar-refractivity contribution is 6.07. The van der Waals surface area contributed by atoms with Gasteiger partial charge in [-0.1, -0.05) is 30.3 Å². The Morgan fingerprint density at radius 1 is 0.963 bits per heavy atom. The topological polar surface area (TPSA) is 88.5 Å². The predicted octanol–water partition coefficient (Wildman–Crippen LogP) is 5.47. The van der Waals surface area contributed by atoms with E-state index in [0.717, 1.165) is 16.4 Å². The second-order valence-corrected chi connectivity index (χ2v) is 6.92. The normalized spacial score (nSPS) is 11.8. The number of aliphatic hydroxyl groups is 1. The lowest BCUT2D eigenvalue weighted by molar-refractivity contribution is -0.383. The molecule has 6 nitrogen and oxygen atoms in total. The fourth-order valence-electron chi connectivity index (χ4n) is 3.38. The molecule has 3 aromatic carbocycles. The van der Waals surface area contributed by atoms with Gasteiger partial charge in [-0.2, -0.15) is 0 Å². The molecule has 27 heavy (non-hydrogen) atoms. The number of nitro groups is 1. The average Bonchev–Trinajstić information content (AvgIpc) is 2.99. The molecule has 0 radical (unpaired) electrons. The van der Waals surface area contributed by atoms with Gasteiger partial charge in [-0.15, -0.1) is 0 Å². The van der Waals surface area contributed by atoms with Gasteiger partial charge in [-0.3, -0.25) is 10.1 Å². The minimum Gasteiger partial charge on any atom is -0.456 e. The minimum absolute atomic E-state index is 0.0381. The lowest BCUT2D eigenvalue weighted by Gasteiger charge is -2.22. The van der Waals surface area contributed by atoms with Crippen molar-refractivity contribution in [3.05, 3.63) is 76.3 Å². The molecular weight excluding hydrogens is 344 g/mol. The first-order chi connectivity index (χ1) is 12.9. The van der Waals surface area contributed by atoms with Crippen LogP contribution in [0.4, 0.5) is 17.1 Å². The second-order valence-electron chi connectivity index (χ2n) is 6.92. The number of anilines is 2. The fourth-order valence-corrected chi connectivity index (χ4v) is 3.38. The van der Waals surface area contributed by atoms with Gasteiger partial charge < -0.3 is 14.8 Å². The first-order valence-corrected chi connectivity index (χ1v) is 8.54. The number of nitro benzene ring substituents is 1. The summed E-state index contributed by atoms with van der Waals surface area (Å²) in [5, 5.41) is 27.1. The minimum atomic E-state index is -1.22. The molecule has 1 heterocycles. The van der Waals surface area contributed by atoms with Crippen molar-refractivity contribution in [1.29, 1.82) is 0 Å². The molecule has 0 saturated carbocycles. The van der Waals surface area contributed by atoms with E-state index in [0.29, 0.717) is 22.5 Å². The number of hydrogen-bond donors (Lipinski definition) is 2. The van der Waals surface area contributed by atoms with E-state index in [-0.39, 0.29) is 5.69 Å². The second kappa shape index (κ2) is 6.10. The molecule has 0 aliphatic carbocycles. The average molecular weight is 362 g/mol. The summed E-state index contributed by atoms with van der Waals surface area (Å²) in [6.07, 6.45) is 0. The maximum Gasteiger partial charge on any atom is 0.292 e. The number of nitrogens with one attached hydrogen (secondary N) is 1. The molecule has 4 aromatic rings. The monoisotopic (exact) mass is 362 g/mol. The van der Waals surface area contributed by atoms with Crippen LogP contribution < -0.4 is 5.32 Å². The molecule has 0 amide bonds. The van der Waals surface area contributed by atoms with Crippen molar-refractivity contribution < 1.29 is 14.4 Å². The Kier molecular flexibility index (Phi) is 3.86. The number of fused-ring (bicyclic) bond motifs is 3. The van der Waals surface area contributed by atoms with Crippen LogP contribution in [0.15, 0.2) is 65.1 Å². The van der Waals surface area contributed by atoms with Crippen LogP contribution in [0.25, 0.3) is 21.9 Å². The number of furan rings is 1. The Morgan fingerprint density at radius 2 is 1.67 bits per heavy atom. The fraction of sp³-hybridized carbons (Fsp3) is 0.143. The van der Waals surface area contributed by atoms with E-state index in [1.165, 1.54) is 6.07 Å². The summed E-state index contributed by atoms with van der Waals surface area (Å²) in [5.74, 6) is 0. The Bertz CT molecular complexity index is 1170. The summed E-state index contributed by atoms with van der Waals surface area (Å²) in [4.78, 5) is 10.9. The SMILES string of the molecule is CC(C)(O)c1c(Nc2ccccc2[N+](=O)[O-])ccc2c1oc1ccccc12. The number of para-hydroxylation sites is 3. The Balaban J connectivity index is 1.96. The van der Waals surface area contributed by atoms with Gasteiger partial charge in [-0.05, 0) is 38.1 Å². The first-order valence-electron chi connectivity index (χ1n) is 8.54. The highest BCUT2D eigenvalue weighted by Gasteiger charge is 2.27. The number of hydrogen-bond acceptors (Lipinski definition) is 5. The van der Waals surface area contributed by atoms with Crippen LogP contribution in [0.3, 0.4) is 0 Å². The standard InChI is InChI=1S/C21H18N2O4/c1-21(2,24)19-16(22-15-8-4-5-9-17(15)23(25)26)12-11-14-13-7-3-6-10-18(13)27-20(14)19/h3-12,22,24H,1-2H3. The lowest BCUT2D eigenvalue weighted by atomic mass is 9.93. The Morgan fingerprint density at radius 3 is 2.41 bits per heavy atom. The molecule has 0 atom stereocenters. The first kappa shape index (κ1) is 17.1. The molecule has 4 rings (SSSR count). The van der Waals surface area contributed by atoms with Crippen LogP contribution in [0.1, 0.15) is 19.4 Å². The van der Waals surface area contributed by atoms with Gasteiger partial charge in [0.1, 0.15) is 16.9 Å². The molecule has 0 bridgehead atoms. The number of benzene rings is 3. The maximum atomic E-state index is 11.3. The van der Waals surface area contributed by atoms with E-state index in [9.17, 15) is 15.2 Å². The third-order valence-electron chi connectivity index (χ3n) is 4.53. The Labute approximate surface area is 155 Å². The van der Waals surface area contributed by atoms with Crippen LogP contribution >= 0.6 is 0 Å². The zero-order valence-corrected chi connectivity index (χ0v) is 14.9. The van der Waals surface area contributed by atoms with Crippen LogP contribution in [0, 0.1) is 10.1 Å². The van der Waals surface area contributed by atoms with Gasteiger partial charge >= 0.3 is 0 Å². The van der Waals surface area contributed by atoms with E-state index < -0.39 is 10.5 Å². The van der Waals surface area contributed by atoms with Crippen molar-refractivity contribution in [1.82, 2.24) is 0 Å². The highest BCUT2D eigenvalue weighted by Crippen LogP contribution is 2.41. The van der Waals surface area contributed by atoms with Crippen molar-refractivity contribution in [2.75, 3.05) is 5.32 Å². The summed E-state index contributed by atoms with van der Waals surface area (Å²) >= 11 is 0. The largest absolute Gasteiger partial charge is 0.456 e. The van der Waals surface area contributed by atoms with Gasteiger partial charge in [0.2, 0.25) is 0 Å². The molecule has 1 aromatic heterocycles. The van der Waals surface area contributed by atoms with Crippen molar-refractivity contribution >= 4 is 39.0 Å². The molecule has 0 aliphatic rings. The molecule has 0 spiro atoms. The molecular formula is C21H18N2O4. The van der Waals surface area contributed by atoms with Gasteiger partial charge in [0.15, 0.2) is 0 Å². The third kappa shape index (κ3) is 2.90. The van der Waals surface area contributed by atoms with Gasteiger partial charge in [0, 0.05) is 28.1 Å². The summed E-state index contributed by atoms with van der Waals surface area (Å²) in [5.41, 5.74) is 1.48. The van der Waals surface area contributed by atoms with Crippen molar-refractivity contribution in [3.8, 4) is 0 Å². The number of nitrogens with zero attached hydrogens (tertiary/aromatic N) is 1. The zero-order valence-electron chi connectivity index (χ0n) is 14.9. The molecule has 136 valence electrons. The van der Waals surface area contributed by atoms with Gasteiger partial charge in [0.25, 0.3) is 5.69 Å². The van der Waals surface area contributed by atoms with Gasteiger partial charge in [-0.25, -0.2) is 0 Å². The van der Waals surface area contributed by atoms with E-state index >= 15 is 0 Å². The maximum absolute atomic E-state index is 11.3. The smallest absolute Gasteiger partial charge is 0.292 e. The predicted molar refractivity (Wildman–Crippen MR) is 105 cm³/mol. The van der Waals surface area contributed by atoms with E-state index in [1.807, 2.05) is 36.4 Å².